The molecule has 3 aromatic rings. The molecule has 0 saturated heterocycles. The van der Waals surface area contributed by atoms with Gasteiger partial charge in [-0.2, -0.15) is 0 Å². The number of nitrogens with two attached hydrogens (primary N) is 1. The minimum atomic E-state index is 0.0304. The Morgan fingerprint density at radius 2 is 1.59 bits per heavy atom. The number of benzene rings is 3. The first-order valence-corrected chi connectivity index (χ1v) is 9.23. The Balaban J connectivity index is 1.83. The summed E-state index contributed by atoms with van der Waals surface area (Å²) in [6.07, 6.45) is 5.85. The number of nitrogen functional groups attached to an aromatic ring is 1. The van der Waals surface area contributed by atoms with E-state index < -0.39 is 0 Å². The van der Waals surface area contributed by atoms with Crippen LogP contribution in [0.5, 0.6) is 5.75 Å². The SMILES string of the molecule is C=C/C=C\C1Oc2c(-c3ccccc3-c3ccc(N)cc3)cccc2C1C. The van der Waals surface area contributed by atoms with E-state index in [1.807, 2.05) is 18.2 Å². The van der Waals surface area contributed by atoms with Crippen LogP contribution in [-0.2, 0) is 0 Å². The van der Waals surface area contributed by atoms with Crippen LogP contribution < -0.4 is 10.5 Å². The maximum absolute atomic E-state index is 6.36. The van der Waals surface area contributed by atoms with E-state index in [0.717, 1.165) is 22.6 Å². The Morgan fingerprint density at radius 3 is 2.33 bits per heavy atom. The average molecular weight is 353 g/mol. The van der Waals surface area contributed by atoms with E-state index in [9.17, 15) is 0 Å². The third kappa shape index (κ3) is 3.15. The van der Waals surface area contributed by atoms with Crippen LogP contribution in [-0.4, -0.2) is 6.10 Å². The molecule has 0 radical (unpaired) electrons. The van der Waals surface area contributed by atoms with Gasteiger partial charge >= 0.3 is 0 Å². The van der Waals surface area contributed by atoms with Gasteiger partial charge in [-0.15, -0.1) is 0 Å². The molecule has 2 nitrogen and oxygen atoms in total. The lowest BCUT2D eigenvalue weighted by Crippen LogP contribution is -2.12. The molecule has 2 atom stereocenters. The zero-order chi connectivity index (χ0) is 18.8. The molecule has 1 aliphatic rings. The Labute approximate surface area is 160 Å². The number of fused-ring (bicyclic) bond motifs is 1. The lowest BCUT2D eigenvalue weighted by molar-refractivity contribution is 0.262. The van der Waals surface area contributed by atoms with Gasteiger partial charge in [0.1, 0.15) is 11.9 Å². The number of anilines is 1. The highest BCUT2D eigenvalue weighted by Gasteiger charge is 2.31. The van der Waals surface area contributed by atoms with Gasteiger partial charge in [-0.1, -0.05) is 80.3 Å². The molecule has 1 heterocycles. The van der Waals surface area contributed by atoms with Crippen molar-refractivity contribution >= 4 is 5.69 Å². The van der Waals surface area contributed by atoms with E-state index in [2.05, 4.69) is 74.2 Å². The maximum atomic E-state index is 6.36. The van der Waals surface area contributed by atoms with Crippen LogP contribution in [0.1, 0.15) is 18.4 Å². The highest BCUT2D eigenvalue weighted by atomic mass is 16.5. The standard InChI is InChI=1S/C25H23NO/c1-3-4-12-24-17(2)20-10-7-11-23(25(20)27-24)22-9-6-5-8-21(22)18-13-15-19(26)16-14-18/h3-17,24H,1,26H2,2H3/b12-4-. The van der Waals surface area contributed by atoms with Gasteiger partial charge in [0.25, 0.3) is 0 Å². The summed E-state index contributed by atoms with van der Waals surface area (Å²) in [6, 6.07) is 22.9. The van der Waals surface area contributed by atoms with Gasteiger partial charge in [0.2, 0.25) is 0 Å². The number of rotatable bonds is 4. The van der Waals surface area contributed by atoms with E-state index in [1.165, 1.54) is 16.7 Å². The minimum absolute atomic E-state index is 0.0304. The summed E-state index contributed by atoms with van der Waals surface area (Å²) in [5.74, 6) is 1.28. The minimum Gasteiger partial charge on any atom is -0.485 e. The van der Waals surface area contributed by atoms with Crippen LogP contribution in [0.2, 0.25) is 0 Å². The molecular weight excluding hydrogens is 330 g/mol. The van der Waals surface area contributed by atoms with Crippen LogP contribution in [0.3, 0.4) is 0 Å². The van der Waals surface area contributed by atoms with Gasteiger partial charge in [0, 0.05) is 22.7 Å². The number of allylic oxidation sites excluding steroid dienone is 2. The molecule has 1 aliphatic heterocycles. The van der Waals surface area contributed by atoms with E-state index >= 15 is 0 Å². The summed E-state index contributed by atoms with van der Waals surface area (Å²) < 4.78 is 6.36. The largest absolute Gasteiger partial charge is 0.485 e. The second kappa shape index (κ2) is 7.16. The first-order chi connectivity index (χ1) is 13.2. The van der Waals surface area contributed by atoms with Gasteiger partial charge in [-0.25, -0.2) is 0 Å². The highest BCUT2D eigenvalue weighted by Crippen LogP contribution is 2.46. The Morgan fingerprint density at radius 1 is 0.889 bits per heavy atom. The summed E-state index contributed by atoms with van der Waals surface area (Å²) in [5.41, 5.74) is 12.5. The zero-order valence-corrected chi connectivity index (χ0v) is 15.4. The van der Waals surface area contributed by atoms with Gasteiger partial charge in [-0.3, -0.25) is 0 Å². The predicted octanol–water partition coefficient (Wildman–Crippen LogP) is 6.21. The summed E-state index contributed by atoms with van der Waals surface area (Å²) in [5, 5.41) is 0. The quantitative estimate of drug-likeness (QED) is 0.447. The van der Waals surface area contributed by atoms with Crippen molar-refractivity contribution < 1.29 is 4.74 Å². The second-order valence-electron chi connectivity index (χ2n) is 6.88. The molecule has 0 amide bonds. The van der Waals surface area contributed by atoms with Gasteiger partial charge in [0.15, 0.2) is 0 Å². The van der Waals surface area contributed by atoms with E-state index in [0.29, 0.717) is 5.92 Å². The normalized spacial score (nSPS) is 18.3. The molecule has 3 aromatic carbocycles. The number of ether oxygens (including phenoxy) is 1. The molecule has 27 heavy (non-hydrogen) atoms. The molecule has 0 bridgehead atoms. The number of hydrogen-bond donors (Lipinski definition) is 1. The highest BCUT2D eigenvalue weighted by molar-refractivity contribution is 5.87. The van der Waals surface area contributed by atoms with Crippen molar-refractivity contribution in [3.63, 3.8) is 0 Å². The molecule has 0 aliphatic carbocycles. The van der Waals surface area contributed by atoms with Crippen molar-refractivity contribution in [3.05, 3.63) is 97.1 Å². The van der Waals surface area contributed by atoms with Crippen LogP contribution in [0.4, 0.5) is 5.69 Å². The molecule has 4 rings (SSSR count). The molecule has 0 fully saturated rings. The summed E-state index contributed by atoms with van der Waals surface area (Å²) >= 11 is 0. The van der Waals surface area contributed by atoms with Crippen molar-refractivity contribution in [3.8, 4) is 28.0 Å². The zero-order valence-electron chi connectivity index (χ0n) is 15.4. The number of para-hydroxylation sites is 1. The van der Waals surface area contributed by atoms with Crippen molar-refractivity contribution in [2.75, 3.05) is 5.73 Å². The molecule has 2 N–H and O–H groups in total. The van der Waals surface area contributed by atoms with Crippen LogP contribution in [0.15, 0.2) is 91.5 Å². The average Bonchev–Trinajstić information content (AvgIpc) is 3.03. The van der Waals surface area contributed by atoms with E-state index in [1.54, 1.807) is 6.08 Å². The molecule has 2 unspecified atom stereocenters. The third-order valence-corrected chi connectivity index (χ3v) is 5.16. The first kappa shape index (κ1) is 17.2. The van der Waals surface area contributed by atoms with Crippen molar-refractivity contribution in [1.29, 1.82) is 0 Å². The third-order valence-electron chi connectivity index (χ3n) is 5.16. The lowest BCUT2D eigenvalue weighted by Gasteiger charge is -2.14. The monoisotopic (exact) mass is 353 g/mol. The topological polar surface area (TPSA) is 35.2 Å². The fourth-order valence-electron chi connectivity index (χ4n) is 3.70. The number of hydrogen-bond acceptors (Lipinski definition) is 2. The van der Waals surface area contributed by atoms with E-state index in [4.69, 9.17) is 10.5 Å². The fraction of sp³-hybridized carbons (Fsp3) is 0.120. The van der Waals surface area contributed by atoms with Gasteiger partial charge in [0.05, 0.1) is 0 Å². The fourth-order valence-corrected chi connectivity index (χ4v) is 3.70. The smallest absolute Gasteiger partial charge is 0.131 e. The molecule has 0 spiro atoms. The van der Waals surface area contributed by atoms with Crippen LogP contribution in [0, 0.1) is 0 Å². The second-order valence-corrected chi connectivity index (χ2v) is 6.88. The summed E-state index contributed by atoms with van der Waals surface area (Å²) in [7, 11) is 0. The maximum Gasteiger partial charge on any atom is 0.131 e. The van der Waals surface area contributed by atoms with Crippen molar-refractivity contribution in [2.24, 2.45) is 0 Å². The summed E-state index contributed by atoms with van der Waals surface area (Å²) in [4.78, 5) is 0. The van der Waals surface area contributed by atoms with Gasteiger partial charge in [-0.05, 0) is 34.9 Å². The lowest BCUT2D eigenvalue weighted by atomic mass is 9.90. The molecular formula is C25H23NO. The molecule has 0 saturated carbocycles. The first-order valence-electron chi connectivity index (χ1n) is 9.23. The molecule has 2 heteroatoms. The Kier molecular flexibility index (Phi) is 4.55. The van der Waals surface area contributed by atoms with Crippen LogP contribution in [0.25, 0.3) is 22.3 Å². The van der Waals surface area contributed by atoms with Gasteiger partial charge < -0.3 is 10.5 Å². The molecule has 0 aromatic heterocycles. The van der Waals surface area contributed by atoms with Crippen molar-refractivity contribution in [1.82, 2.24) is 0 Å². The van der Waals surface area contributed by atoms with E-state index in [-0.39, 0.29) is 6.10 Å². The van der Waals surface area contributed by atoms with Crippen molar-refractivity contribution in [2.45, 2.75) is 18.9 Å². The van der Waals surface area contributed by atoms with Crippen LogP contribution >= 0.6 is 0 Å². The Hall–Kier alpha value is -3.26. The predicted molar refractivity (Wildman–Crippen MR) is 114 cm³/mol. The Bertz CT molecular complexity index is 1000. The molecule has 134 valence electrons. The summed E-state index contributed by atoms with van der Waals surface area (Å²) in [6.45, 7) is 5.97.